The molecule has 2 fully saturated rings. The fourth-order valence-corrected chi connectivity index (χ4v) is 4.06. The van der Waals surface area contributed by atoms with Crippen molar-refractivity contribution in [2.75, 3.05) is 26.7 Å². The molecule has 2 aliphatic rings. The highest BCUT2D eigenvalue weighted by Crippen LogP contribution is 2.34. The van der Waals surface area contributed by atoms with Crippen LogP contribution in [0.3, 0.4) is 0 Å². The molecule has 19 heavy (non-hydrogen) atoms. The Labute approximate surface area is 120 Å². The molecule has 1 saturated carbocycles. The van der Waals surface area contributed by atoms with Crippen LogP contribution in [0.2, 0.25) is 0 Å². The van der Waals surface area contributed by atoms with E-state index in [2.05, 4.69) is 38.0 Å². The van der Waals surface area contributed by atoms with Gasteiger partial charge in [-0.2, -0.15) is 0 Å². The van der Waals surface area contributed by atoms with Crippen LogP contribution in [-0.2, 0) is 0 Å². The fraction of sp³-hybridized carbons (Fsp3) is 1.00. The Morgan fingerprint density at radius 1 is 1.11 bits per heavy atom. The molecule has 3 unspecified atom stereocenters. The Morgan fingerprint density at radius 2 is 1.79 bits per heavy atom. The second-order valence-electron chi connectivity index (χ2n) is 7.46. The van der Waals surface area contributed by atoms with E-state index in [0.29, 0.717) is 0 Å². The summed E-state index contributed by atoms with van der Waals surface area (Å²) < 4.78 is 0. The Morgan fingerprint density at radius 3 is 2.37 bits per heavy atom. The topological polar surface area (TPSA) is 15.3 Å². The maximum atomic E-state index is 3.59. The molecule has 0 amide bonds. The number of hydrogen-bond acceptors (Lipinski definition) is 2. The van der Waals surface area contributed by atoms with Crippen LogP contribution in [-0.4, -0.2) is 37.6 Å². The first-order chi connectivity index (χ1) is 9.10. The van der Waals surface area contributed by atoms with Gasteiger partial charge in [0.2, 0.25) is 0 Å². The van der Waals surface area contributed by atoms with E-state index in [-0.39, 0.29) is 0 Å². The molecule has 0 bridgehead atoms. The van der Waals surface area contributed by atoms with Gasteiger partial charge >= 0.3 is 0 Å². The van der Waals surface area contributed by atoms with E-state index in [1.54, 1.807) is 0 Å². The molecule has 0 radical (unpaired) electrons. The van der Waals surface area contributed by atoms with Crippen molar-refractivity contribution >= 4 is 0 Å². The molecule has 2 nitrogen and oxygen atoms in total. The van der Waals surface area contributed by atoms with Gasteiger partial charge in [-0.25, -0.2) is 0 Å². The van der Waals surface area contributed by atoms with Crippen LogP contribution in [0.15, 0.2) is 0 Å². The molecular formula is C17H34N2. The Kier molecular flexibility index (Phi) is 5.70. The number of hydrogen-bond donors (Lipinski definition) is 1. The summed E-state index contributed by atoms with van der Waals surface area (Å²) in [5.74, 6) is 3.64. The zero-order valence-electron chi connectivity index (χ0n) is 13.5. The van der Waals surface area contributed by atoms with Gasteiger partial charge in [-0.1, -0.05) is 20.8 Å². The highest BCUT2D eigenvalue weighted by molar-refractivity contribution is 4.87. The van der Waals surface area contributed by atoms with Crippen molar-refractivity contribution in [1.29, 1.82) is 0 Å². The molecule has 1 N–H and O–H groups in total. The molecule has 112 valence electrons. The van der Waals surface area contributed by atoms with E-state index in [4.69, 9.17) is 0 Å². The number of likely N-dealkylation sites (tertiary alicyclic amines) is 1. The molecule has 2 rings (SSSR count). The van der Waals surface area contributed by atoms with Crippen LogP contribution in [0.25, 0.3) is 0 Å². The van der Waals surface area contributed by atoms with Gasteiger partial charge in [-0.05, 0) is 75.9 Å². The molecule has 1 aliphatic heterocycles. The van der Waals surface area contributed by atoms with E-state index in [1.807, 2.05) is 0 Å². The summed E-state index contributed by atoms with van der Waals surface area (Å²) in [7, 11) is 2.16. The third-order valence-electron chi connectivity index (χ3n) is 5.71. The highest BCUT2D eigenvalue weighted by atomic mass is 15.1. The van der Waals surface area contributed by atoms with Gasteiger partial charge in [0.05, 0.1) is 0 Å². The third kappa shape index (κ3) is 4.19. The van der Waals surface area contributed by atoms with Gasteiger partial charge in [0.1, 0.15) is 0 Å². The van der Waals surface area contributed by atoms with Gasteiger partial charge in [-0.15, -0.1) is 0 Å². The lowest BCUT2D eigenvalue weighted by Crippen LogP contribution is -2.46. The minimum atomic E-state index is 0.759. The minimum absolute atomic E-state index is 0.759. The van der Waals surface area contributed by atoms with E-state index >= 15 is 0 Å². The summed E-state index contributed by atoms with van der Waals surface area (Å²) in [6.45, 7) is 11.2. The van der Waals surface area contributed by atoms with E-state index in [0.717, 1.165) is 29.7 Å². The summed E-state index contributed by atoms with van der Waals surface area (Å²) in [5.41, 5.74) is 0. The smallest absolute Gasteiger partial charge is 0.0105 e. The quantitative estimate of drug-likeness (QED) is 0.839. The van der Waals surface area contributed by atoms with Gasteiger partial charge in [-0.3, -0.25) is 0 Å². The number of rotatable bonds is 4. The van der Waals surface area contributed by atoms with Crippen molar-refractivity contribution in [3.05, 3.63) is 0 Å². The maximum Gasteiger partial charge on any atom is 0.0105 e. The standard InChI is InChI=1S/C17H34N2/c1-13(2)15-5-6-17(18-4)16(11-15)12-19-9-7-14(3)8-10-19/h13-18H,5-12H2,1-4H3. The Bertz CT molecular complexity index is 256. The largest absolute Gasteiger partial charge is 0.317 e. The normalized spacial score (nSPS) is 34.9. The molecule has 0 spiro atoms. The van der Waals surface area contributed by atoms with Crippen LogP contribution in [0.5, 0.6) is 0 Å². The second kappa shape index (κ2) is 7.08. The zero-order valence-corrected chi connectivity index (χ0v) is 13.5. The highest BCUT2D eigenvalue weighted by Gasteiger charge is 2.32. The molecule has 2 heteroatoms. The van der Waals surface area contributed by atoms with Crippen molar-refractivity contribution in [1.82, 2.24) is 10.2 Å². The molecule has 1 aliphatic carbocycles. The van der Waals surface area contributed by atoms with E-state index in [1.165, 1.54) is 51.7 Å². The maximum absolute atomic E-state index is 3.59. The fourth-order valence-electron chi connectivity index (χ4n) is 4.06. The summed E-state index contributed by atoms with van der Waals surface area (Å²) >= 11 is 0. The first-order valence-electron chi connectivity index (χ1n) is 8.49. The molecule has 1 saturated heterocycles. The van der Waals surface area contributed by atoms with Crippen LogP contribution in [0.1, 0.15) is 52.9 Å². The summed E-state index contributed by atoms with van der Waals surface area (Å²) in [6.07, 6.45) is 7.06. The van der Waals surface area contributed by atoms with E-state index < -0.39 is 0 Å². The van der Waals surface area contributed by atoms with Crippen molar-refractivity contribution < 1.29 is 0 Å². The third-order valence-corrected chi connectivity index (χ3v) is 5.71. The molecule has 0 aromatic carbocycles. The SMILES string of the molecule is CNC1CCC(C(C)C)CC1CN1CCC(C)CC1. The monoisotopic (exact) mass is 266 g/mol. The van der Waals surface area contributed by atoms with Crippen LogP contribution in [0, 0.1) is 23.7 Å². The first-order valence-corrected chi connectivity index (χ1v) is 8.49. The summed E-state index contributed by atoms with van der Waals surface area (Å²) in [5, 5.41) is 3.59. The summed E-state index contributed by atoms with van der Waals surface area (Å²) in [6, 6.07) is 0.759. The van der Waals surface area contributed by atoms with Crippen molar-refractivity contribution in [2.24, 2.45) is 23.7 Å². The molecule has 1 heterocycles. The van der Waals surface area contributed by atoms with Crippen LogP contribution >= 0.6 is 0 Å². The van der Waals surface area contributed by atoms with Gasteiger partial charge in [0, 0.05) is 12.6 Å². The van der Waals surface area contributed by atoms with Crippen LogP contribution in [0.4, 0.5) is 0 Å². The summed E-state index contributed by atoms with van der Waals surface area (Å²) in [4.78, 5) is 2.73. The predicted octanol–water partition coefficient (Wildman–Crippen LogP) is 3.38. The number of piperidine rings is 1. The molecule has 3 atom stereocenters. The lowest BCUT2D eigenvalue weighted by atomic mass is 9.73. The van der Waals surface area contributed by atoms with Gasteiger partial charge < -0.3 is 10.2 Å². The lowest BCUT2D eigenvalue weighted by molar-refractivity contribution is 0.104. The minimum Gasteiger partial charge on any atom is -0.317 e. The van der Waals surface area contributed by atoms with Crippen molar-refractivity contribution in [2.45, 2.75) is 58.9 Å². The molecule has 0 aromatic rings. The molecular weight excluding hydrogens is 232 g/mol. The average Bonchev–Trinajstić information content (AvgIpc) is 2.41. The lowest BCUT2D eigenvalue weighted by Gasteiger charge is -2.41. The van der Waals surface area contributed by atoms with E-state index in [9.17, 15) is 0 Å². The zero-order chi connectivity index (χ0) is 13.8. The van der Waals surface area contributed by atoms with Crippen molar-refractivity contribution in [3.8, 4) is 0 Å². The second-order valence-corrected chi connectivity index (χ2v) is 7.46. The average molecular weight is 266 g/mol. The Balaban J connectivity index is 1.87. The van der Waals surface area contributed by atoms with Gasteiger partial charge in [0.15, 0.2) is 0 Å². The predicted molar refractivity (Wildman–Crippen MR) is 83.4 cm³/mol. The Hall–Kier alpha value is -0.0800. The molecule has 0 aromatic heterocycles. The first kappa shape index (κ1) is 15.3. The number of nitrogens with zero attached hydrogens (tertiary/aromatic N) is 1. The number of nitrogens with one attached hydrogen (secondary N) is 1. The van der Waals surface area contributed by atoms with Crippen LogP contribution < -0.4 is 5.32 Å². The van der Waals surface area contributed by atoms with Crippen molar-refractivity contribution in [3.63, 3.8) is 0 Å². The van der Waals surface area contributed by atoms with Gasteiger partial charge in [0.25, 0.3) is 0 Å².